The number of aromatic nitrogens is 2. The van der Waals surface area contributed by atoms with Crippen molar-refractivity contribution < 1.29 is 13.2 Å². The number of nitrogens with one attached hydrogen (secondary N) is 1. The third kappa shape index (κ3) is 6.38. The number of carbonyl (C=O) groups excluding carboxylic acids is 1. The zero-order valence-corrected chi connectivity index (χ0v) is 28.0. The van der Waals surface area contributed by atoms with Crippen molar-refractivity contribution in [2.45, 2.75) is 72.2 Å². The molecule has 0 saturated heterocycles. The second kappa shape index (κ2) is 12.9. The highest BCUT2D eigenvalue weighted by molar-refractivity contribution is 7.93. The maximum Gasteiger partial charge on any atom is 0.296 e. The van der Waals surface area contributed by atoms with Gasteiger partial charge in [-0.25, -0.2) is 17.4 Å². The van der Waals surface area contributed by atoms with Gasteiger partial charge < -0.3 is 5.32 Å². The Morgan fingerprint density at radius 1 is 0.864 bits per heavy atom. The van der Waals surface area contributed by atoms with Crippen LogP contribution in [0.25, 0.3) is 5.69 Å². The molecule has 0 fully saturated rings. The van der Waals surface area contributed by atoms with Gasteiger partial charge in [-0.2, -0.15) is 0 Å². The summed E-state index contributed by atoms with van der Waals surface area (Å²) in [6, 6.07) is 20.4. The van der Waals surface area contributed by atoms with E-state index >= 15 is 0 Å². The average Bonchev–Trinajstić information content (AvgIpc) is 3.17. The lowest BCUT2D eigenvalue weighted by atomic mass is 9.93. The first-order valence-electron chi connectivity index (χ1n) is 15.0. The molecule has 0 bridgehead atoms. The first-order chi connectivity index (χ1) is 20.6. The number of aryl methyl sites for hydroxylation is 3. The smallest absolute Gasteiger partial charge is 0.296 e. The summed E-state index contributed by atoms with van der Waals surface area (Å²) in [6.45, 7) is 14.8. The predicted molar refractivity (Wildman–Crippen MR) is 177 cm³/mol. The summed E-state index contributed by atoms with van der Waals surface area (Å²) in [7, 11) is -2.64. The van der Waals surface area contributed by atoms with E-state index in [9.17, 15) is 18.0 Å². The second-order valence-electron chi connectivity index (χ2n) is 12.3. The van der Waals surface area contributed by atoms with Crippen LogP contribution in [0.5, 0.6) is 0 Å². The van der Waals surface area contributed by atoms with Gasteiger partial charge in [0.25, 0.3) is 15.6 Å². The van der Waals surface area contributed by atoms with E-state index in [1.165, 1.54) is 10.2 Å². The fraction of sp³-hybridized carbons (Fsp3) is 0.371. The zero-order valence-electron chi connectivity index (χ0n) is 27.2. The first kappa shape index (κ1) is 32.8. The Kier molecular flexibility index (Phi) is 9.59. The van der Waals surface area contributed by atoms with E-state index < -0.39 is 28.0 Å². The van der Waals surface area contributed by atoms with E-state index in [0.717, 1.165) is 15.4 Å². The number of rotatable bonds is 10. The highest BCUT2D eigenvalue weighted by Crippen LogP contribution is 2.31. The van der Waals surface area contributed by atoms with Crippen LogP contribution in [0.2, 0.25) is 0 Å². The molecule has 0 saturated carbocycles. The summed E-state index contributed by atoms with van der Waals surface area (Å²) in [4.78, 5) is 28.0. The van der Waals surface area contributed by atoms with Gasteiger partial charge in [-0.1, -0.05) is 87.9 Å². The monoisotopic (exact) mass is 616 g/mol. The van der Waals surface area contributed by atoms with Crippen molar-refractivity contribution in [2.75, 3.05) is 10.8 Å². The Balaban J connectivity index is 1.84. The van der Waals surface area contributed by atoms with Crippen LogP contribution in [-0.2, 0) is 21.9 Å². The Hall–Kier alpha value is -4.11. The minimum absolute atomic E-state index is 0.0317. The number of anilines is 1. The molecule has 0 spiro atoms. The van der Waals surface area contributed by atoms with Crippen LogP contribution in [-0.4, -0.2) is 30.2 Å². The molecule has 8 nitrogen and oxygen atoms in total. The molecule has 1 heterocycles. The molecule has 1 amide bonds. The summed E-state index contributed by atoms with van der Waals surface area (Å²) >= 11 is 0. The number of amides is 1. The minimum atomic E-state index is -4.35. The molecule has 0 aliphatic rings. The summed E-state index contributed by atoms with van der Waals surface area (Å²) in [5.41, 5.74) is 4.57. The lowest BCUT2D eigenvalue weighted by Gasteiger charge is -2.28. The van der Waals surface area contributed by atoms with E-state index in [-0.39, 0.29) is 22.5 Å². The molecule has 1 atom stereocenters. The van der Waals surface area contributed by atoms with Gasteiger partial charge in [-0.3, -0.25) is 14.3 Å². The number of nitrogens with zero attached hydrogens (tertiary/aromatic N) is 3. The molecule has 44 heavy (non-hydrogen) atoms. The van der Waals surface area contributed by atoms with Crippen LogP contribution in [0.1, 0.15) is 73.2 Å². The van der Waals surface area contributed by atoms with Gasteiger partial charge in [0.15, 0.2) is 0 Å². The number of hydrogen-bond acceptors (Lipinski definition) is 4. The van der Waals surface area contributed by atoms with Crippen molar-refractivity contribution in [3.05, 3.63) is 111 Å². The fourth-order valence-corrected chi connectivity index (χ4v) is 7.77. The van der Waals surface area contributed by atoms with E-state index in [2.05, 4.69) is 31.3 Å². The van der Waals surface area contributed by atoms with Gasteiger partial charge in [0.05, 0.1) is 22.3 Å². The molecule has 0 aliphatic heterocycles. The van der Waals surface area contributed by atoms with Crippen molar-refractivity contribution in [3.63, 3.8) is 0 Å². The highest BCUT2D eigenvalue weighted by Gasteiger charge is 2.35. The molecular formula is C35H44N4O4S. The molecule has 4 aromatic rings. The fourth-order valence-electron chi connectivity index (χ4n) is 5.88. The third-order valence-electron chi connectivity index (χ3n) is 8.16. The van der Waals surface area contributed by atoms with Crippen LogP contribution in [0.15, 0.2) is 76.4 Å². The maximum atomic E-state index is 14.6. The quantitative estimate of drug-likeness (QED) is 0.228. The lowest BCUT2D eigenvalue weighted by Crippen LogP contribution is -2.45. The minimum Gasteiger partial charge on any atom is -0.347 e. The molecule has 234 valence electrons. The third-order valence-corrected chi connectivity index (χ3v) is 10.2. The second-order valence-corrected chi connectivity index (χ2v) is 14.1. The Morgan fingerprint density at radius 3 is 1.93 bits per heavy atom. The lowest BCUT2D eigenvalue weighted by molar-refractivity contribution is -0.120. The summed E-state index contributed by atoms with van der Waals surface area (Å²) in [5.74, 6) is -0.0987. The van der Waals surface area contributed by atoms with Crippen molar-refractivity contribution in [1.29, 1.82) is 0 Å². The van der Waals surface area contributed by atoms with E-state index in [1.54, 1.807) is 56.8 Å². The number of hydrogen-bond donors (Lipinski definition) is 1. The van der Waals surface area contributed by atoms with Crippen molar-refractivity contribution in [3.8, 4) is 5.69 Å². The zero-order chi connectivity index (χ0) is 32.5. The Labute approximate surface area is 261 Å². The van der Waals surface area contributed by atoms with Crippen LogP contribution in [0, 0.1) is 33.6 Å². The maximum absolute atomic E-state index is 14.6. The number of carbonyl (C=O) groups is 1. The topological polar surface area (TPSA) is 93.4 Å². The van der Waals surface area contributed by atoms with Crippen LogP contribution in [0.3, 0.4) is 0 Å². The number of benzene rings is 3. The number of sulfonamides is 1. The van der Waals surface area contributed by atoms with Crippen molar-refractivity contribution in [1.82, 2.24) is 14.7 Å². The van der Waals surface area contributed by atoms with Gasteiger partial charge >= 0.3 is 0 Å². The molecule has 3 aromatic carbocycles. The summed E-state index contributed by atoms with van der Waals surface area (Å²) < 4.78 is 33.2. The van der Waals surface area contributed by atoms with Gasteiger partial charge in [0.1, 0.15) is 12.2 Å². The van der Waals surface area contributed by atoms with Crippen LogP contribution < -0.4 is 15.2 Å². The Bertz CT molecular complexity index is 1800. The van der Waals surface area contributed by atoms with Gasteiger partial charge in [-0.05, 0) is 73.9 Å². The molecule has 0 aliphatic carbocycles. The average molecular weight is 617 g/mol. The van der Waals surface area contributed by atoms with Crippen molar-refractivity contribution >= 4 is 21.6 Å². The van der Waals surface area contributed by atoms with Gasteiger partial charge in [0.2, 0.25) is 5.91 Å². The highest BCUT2D eigenvalue weighted by atomic mass is 32.2. The molecule has 9 heteroatoms. The normalized spacial score (nSPS) is 12.5. The Morgan fingerprint density at radius 2 is 1.41 bits per heavy atom. The molecule has 4 rings (SSSR count). The van der Waals surface area contributed by atoms with E-state index in [4.69, 9.17) is 0 Å². The standard InChI is InChI=1S/C35H44N4O4S/c1-22(2)28-15-17-29(18-16-28)32(23(3)4)36-31(40)21-38(44(42,43)34-25(6)19-24(5)20-26(34)7)33-27(8)37(9)39(35(33)41)30-13-11-10-12-14-30/h10-20,22-23,32H,21H2,1-9H3,(H,36,40). The van der Waals surface area contributed by atoms with Gasteiger partial charge in [0, 0.05) is 7.05 Å². The molecule has 1 N–H and O–H groups in total. The summed E-state index contributed by atoms with van der Waals surface area (Å²) in [5, 5.41) is 3.07. The van der Waals surface area contributed by atoms with Gasteiger partial charge in [-0.15, -0.1) is 0 Å². The van der Waals surface area contributed by atoms with Crippen LogP contribution in [0.4, 0.5) is 5.69 Å². The molecular weight excluding hydrogens is 572 g/mol. The molecule has 1 unspecified atom stereocenters. The van der Waals surface area contributed by atoms with Crippen LogP contribution >= 0.6 is 0 Å². The van der Waals surface area contributed by atoms with E-state index in [0.29, 0.717) is 28.4 Å². The number of para-hydroxylation sites is 1. The SMILES string of the molecule is Cc1cc(C)c(S(=O)(=O)N(CC(=O)NC(c2ccc(C(C)C)cc2)C(C)C)c2c(C)n(C)n(-c3ccccc3)c2=O)c(C)c1. The first-order valence-corrected chi connectivity index (χ1v) is 16.4. The summed E-state index contributed by atoms with van der Waals surface area (Å²) in [6.07, 6.45) is 0. The predicted octanol–water partition coefficient (Wildman–Crippen LogP) is 6.24. The molecule has 0 radical (unpaired) electrons. The molecule has 1 aromatic heterocycles. The van der Waals surface area contributed by atoms with Crippen molar-refractivity contribution in [2.24, 2.45) is 13.0 Å². The largest absolute Gasteiger partial charge is 0.347 e. The van der Waals surface area contributed by atoms with E-state index in [1.807, 2.05) is 51.1 Å².